The van der Waals surface area contributed by atoms with Crippen molar-refractivity contribution < 1.29 is 0 Å². The predicted molar refractivity (Wildman–Crippen MR) is 171 cm³/mol. The number of hydrogen-bond acceptors (Lipinski definition) is 1. The van der Waals surface area contributed by atoms with Gasteiger partial charge in [-0.1, -0.05) is 78.9 Å². The summed E-state index contributed by atoms with van der Waals surface area (Å²) in [4.78, 5) is 0. The highest BCUT2D eigenvalue weighted by molar-refractivity contribution is 7.26. The first-order valence-electron chi connectivity index (χ1n) is 14.3. The van der Waals surface area contributed by atoms with Gasteiger partial charge < -0.3 is 0 Å². The van der Waals surface area contributed by atoms with Crippen molar-refractivity contribution in [2.75, 3.05) is 0 Å². The topological polar surface area (TPSA) is 0 Å². The Morgan fingerprint density at radius 2 is 1.02 bits per heavy atom. The van der Waals surface area contributed by atoms with Crippen molar-refractivity contribution in [2.24, 2.45) is 0 Å². The Bertz CT molecular complexity index is 2470. The zero-order valence-corrected chi connectivity index (χ0v) is 22.6. The molecule has 0 radical (unpaired) electrons. The molecule has 3 aliphatic carbocycles. The van der Waals surface area contributed by atoms with E-state index >= 15 is 0 Å². The van der Waals surface area contributed by atoms with E-state index in [0.717, 1.165) is 19.3 Å². The number of benzene rings is 7. The molecule has 0 bridgehead atoms. The second-order valence-corrected chi connectivity index (χ2v) is 13.0. The Labute approximate surface area is 235 Å². The molecule has 8 aromatic rings. The fourth-order valence-corrected chi connectivity index (χ4v) is 9.70. The number of thiophene rings is 1. The summed E-state index contributed by atoms with van der Waals surface area (Å²) in [6.45, 7) is 0. The summed E-state index contributed by atoms with van der Waals surface area (Å²) in [6.07, 6.45) is 3.18. The van der Waals surface area contributed by atoms with Crippen LogP contribution in [-0.2, 0) is 19.3 Å². The van der Waals surface area contributed by atoms with E-state index < -0.39 is 0 Å². The molecule has 0 atom stereocenters. The summed E-state index contributed by atoms with van der Waals surface area (Å²) in [6, 6.07) is 37.2. The molecule has 11 rings (SSSR count). The van der Waals surface area contributed by atoms with Crippen LogP contribution in [0.1, 0.15) is 33.4 Å². The summed E-state index contributed by atoms with van der Waals surface area (Å²) >= 11 is 1.92. The van der Waals surface area contributed by atoms with Crippen LogP contribution in [0, 0.1) is 0 Å². The van der Waals surface area contributed by atoms with Gasteiger partial charge >= 0.3 is 0 Å². The molecule has 3 aliphatic rings. The van der Waals surface area contributed by atoms with Crippen molar-refractivity contribution in [1.82, 2.24) is 0 Å². The first-order valence-corrected chi connectivity index (χ1v) is 15.1. The molecule has 0 aliphatic heterocycles. The molecule has 0 unspecified atom stereocenters. The van der Waals surface area contributed by atoms with Crippen LogP contribution in [0.2, 0.25) is 0 Å². The van der Waals surface area contributed by atoms with E-state index in [4.69, 9.17) is 0 Å². The third kappa shape index (κ3) is 2.29. The Morgan fingerprint density at radius 1 is 0.425 bits per heavy atom. The zero-order chi connectivity index (χ0) is 25.7. The smallest absolute Gasteiger partial charge is 0.0433 e. The highest BCUT2D eigenvalue weighted by Gasteiger charge is 2.32. The minimum absolute atomic E-state index is 1.04. The molecule has 0 saturated carbocycles. The Hall–Kier alpha value is -4.46. The van der Waals surface area contributed by atoms with Crippen LogP contribution in [0.25, 0.3) is 74.7 Å². The van der Waals surface area contributed by atoms with Crippen LogP contribution in [-0.4, -0.2) is 0 Å². The molecule has 0 amide bonds. The van der Waals surface area contributed by atoms with Crippen LogP contribution in [0.5, 0.6) is 0 Å². The van der Waals surface area contributed by atoms with Crippen molar-refractivity contribution in [2.45, 2.75) is 19.3 Å². The maximum absolute atomic E-state index is 2.55. The Balaban J connectivity index is 1.20. The van der Waals surface area contributed by atoms with Gasteiger partial charge in [0.05, 0.1) is 0 Å². The third-order valence-electron chi connectivity index (χ3n) is 10.0. The lowest BCUT2D eigenvalue weighted by Gasteiger charge is -2.14. The molecule has 1 heterocycles. The van der Waals surface area contributed by atoms with E-state index in [0.29, 0.717) is 0 Å². The van der Waals surface area contributed by atoms with Crippen molar-refractivity contribution in [3.05, 3.63) is 130 Å². The van der Waals surface area contributed by atoms with Gasteiger partial charge in [0.2, 0.25) is 0 Å². The zero-order valence-electron chi connectivity index (χ0n) is 21.8. The monoisotopic (exact) mass is 522 g/mol. The van der Waals surface area contributed by atoms with Crippen molar-refractivity contribution in [1.29, 1.82) is 0 Å². The summed E-state index contributed by atoms with van der Waals surface area (Å²) in [7, 11) is 0. The van der Waals surface area contributed by atoms with Gasteiger partial charge in [0.1, 0.15) is 0 Å². The van der Waals surface area contributed by atoms with E-state index in [9.17, 15) is 0 Å². The van der Waals surface area contributed by atoms with Crippen molar-refractivity contribution in [3.8, 4) is 22.3 Å². The van der Waals surface area contributed by atoms with E-state index in [-0.39, 0.29) is 0 Å². The first kappa shape index (κ1) is 20.4. The number of fused-ring (bicyclic) bond motifs is 3. The average Bonchev–Trinajstić information content (AvgIpc) is 3.75. The highest BCUT2D eigenvalue weighted by atomic mass is 32.1. The van der Waals surface area contributed by atoms with Crippen LogP contribution < -0.4 is 0 Å². The molecular formula is C39H22S. The SMILES string of the molecule is c1cc(-c2cc3c4c5c(ccc6c5c5c(ccc7c5c4c2C7)C6)C3)cc(-c2cccc3c2sc2ccccc23)c1. The fourth-order valence-electron chi connectivity index (χ4n) is 8.46. The Kier molecular flexibility index (Phi) is 3.48. The van der Waals surface area contributed by atoms with Gasteiger partial charge in [-0.05, 0) is 125 Å². The summed E-state index contributed by atoms with van der Waals surface area (Å²) in [5, 5.41) is 12.1. The van der Waals surface area contributed by atoms with E-state index in [1.54, 1.807) is 32.3 Å². The lowest BCUT2D eigenvalue weighted by Crippen LogP contribution is -1.92. The molecule has 1 aromatic heterocycles. The summed E-state index contributed by atoms with van der Waals surface area (Å²) < 4.78 is 2.75. The van der Waals surface area contributed by atoms with Crippen LogP contribution in [0.4, 0.5) is 0 Å². The van der Waals surface area contributed by atoms with Crippen LogP contribution in [0.15, 0.2) is 97.1 Å². The van der Waals surface area contributed by atoms with Gasteiger partial charge in [-0.3, -0.25) is 0 Å². The highest BCUT2D eigenvalue weighted by Crippen LogP contribution is 2.55. The van der Waals surface area contributed by atoms with Gasteiger partial charge in [-0.15, -0.1) is 11.3 Å². The van der Waals surface area contributed by atoms with Gasteiger partial charge in [-0.25, -0.2) is 0 Å². The molecule has 184 valence electrons. The molecule has 0 saturated heterocycles. The summed E-state index contributed by atoms with van der Waals surface area (Å²) in [5.41, 5.74) is 14.6. The van der Waals surface area contributed by atoms with Crippen LogP contribution in [0.3, 0.4) is 0 Å². The lowest BCUT2D eigenvalue weighted by molar-refractivity contribution is 1.24. The molecule has 0 fully saturated rings. The van der Waals surface area contributed by atoms with Crippen LogP contribution >= 0.6 is 11.3 Å². The largest absolute Gasteiger partial charge is 0.135 e. The second kappa shape index (κ2) is 6.81. The minimum atomic E-state index is 1.04. The van der Waals surface area contributed by atoms with Gasteiger partial charge in [0.25, 0.3) is 0 Å². The molecular weight excluding hydrogens is 500 g/mol. The van der Waals surface area contributed by atoms with Crippen molar-refractivity contribution >= 4 is 63.8 Å². The lowest BCUT2D eigenvalue weighted by atomic mass is 9.89. The van der Waals surface area contributed by atoms with Gasteiger partial charge in [0.15, 0.2) is 0 Å². The maximum Gasteiger partial charge on any atom is 0.0433 e. The Morgan fingerprint density at radius 3 is 1.82 bits per heavy atom. The standard InChI is InChI=1S/C39H22S/c1-2-10-32-28(7-1)29-9-4-8-27(39(29)40-32)20-5-3-6-21(15-20)30-19-26-17-24-12-11-22-16-23-13-14-25-18-31(30)38-36(25)34(23)33(22)35(24)37(26)38/h1-15,19H,16-18H2. The first-order chi connectivity index (χ1) is 19.8. The normalized spacial score (nSPS) is 14.2. The summed E-state index contributed by atoms with van der Waals surface area (Å²) in [5.74, 6) is 0. The van der Waals surface area contributed by atoms with E-state index in [1.807, 2.05) is 11.3 Å². The molecule has 0 N–H and O–H groups in total. The number of rotatable bonds is 2. The van der Waals surface area contributed by atoms with Gasteiger partial charge in [0, 0.05) is 20.2 Å². The molecule has 1 heteroatoms. The second-order valence-electron chi connectivity index (χ2n) is 12.0. The van der Waals surface area contributed by atoms with E-state index in [1.165, 1.54) is 75.8 Å². The number of hydrogen-bond donors (Lipinski definition) is 0. The quantitative estimate of drug-likeness (QED) is 0.198. The predicted octanol–water partition coefficient (Wildman–Crippen LogP) is 10.6. The molecule has 40 heavy (non-hydrogen) atoms. The molecule has 7 aromatic carbocycles. The van der Waals surface area contributed by atoms with Crippen molar-refractivity contribution in [3.63, 3.8) is 0 Å². The maximum atomic E-state index is 2.55. The van der Waals surface area contributed by atoms with Gasteiger partial charge in [-0.2, -0.15) is 0 Å². The average molecular weight is 523 g/mol. The molecule has 0 nitrogen and oxygen atoms in total. The third-order valence-corrected chi connectivity index (χ3v) is 11.3. The fraction of sp³-hybridized carbons (Fsp3) is 0.0769. The van der Waals surface area contributed by atoms with E-state index in [2.05, 4.69) is 97.1 Å². The minimum Gasteiger partial charge on any atom is -0.135 e. The molecule has 0 spiro atoms.